The molecule has 0 bridgehead atoms. The Morgan fingerprint density at radius 3 is 2.56 bits per heavy atom. The van der Waals surface area contributed by atoms with Crippen molar-refractivity contribution >= 4 is 45.8 Å². The Labute approximate surface area is 164 Å². The van der Waals surface area contributed by atoms with Crippen molar-refractivity contribution in [1.82, 2.24) is 14.9 Å². The number of nitrogens with one attached hydrogen (secondary N) is 1. The maximum Gasteiger partial charge on any atom is 0.341 e. The summed E-state index contributed by atoms with van der Waals surface area (Å²) in [4.78, 5) is 36.8. The second kappa shape index (κ2) is 9.00. The van der Waals surface area contributed by atoms with E-state index in [0.717, 1.165) is 23.1 Å². The second-order valence-corrected chi connectivity index (χ2v) is 7.46. The Balaban J connectivity index is 2.16. The number of nitrogens with zero attached hydrogens (tertiary/aromatic N) is 3. The number of thioether (sulfide) groups is 1. The van der Waals surface area contributed by atoms with Crippen LogP contribution in [0.15, 0.2) is 5.16 Å². The quantitative estimate of drug-likeness (QED) is 0.292. The molecule has 3 N–H and O–H groups in total. The lowest BCUT2D eigenvalue weighted by Gasteiger charge is -2.07. The van der Waals surface area contributed by atoms with Gasteiger partial charge in [0.15, 0.2) is 11.6 Å². The first-order chi connectivity index (χ1) is 12.8. The zero-order valence-electron chi connectivity index (χ0n) is 15.5. The molecule has 2 aromatic heterocycles. The molecular weight excluding hydrogens is 390 g/mol. The molecule has 0 saturated heterocycles. The number of anilines is 1. The highest BCUT2D eigenvalue weighted by Crippen LogP contribution is 2.34. The van der Waals surface area contributed by atoms with Gasteiger partial charge >= 0.3 is 5.97 Å². The number of aromatic nitrogens is 3. The number of ether oxygens (including phenoxy) is 1. The fourth-order valence-electron chi connectivity index (χ4n) is 2.33. The molecule has 146 valence electrons. The summed E-state index contributed by atoms with van der Waals surface area (Å²) >= 11 is 2.19. The molecule has 0 fully saturated rings. The van der Waals surface area contributed by atoms with Gasteiger partial charge in [0.2, 0.25) is 11.1 Å². The first-order valence-corrected chi connectivity index (χ1v) is 10.0. The fraction of sp³-hybridized carbons (Fsp3) is 0.438. The average molecular weight is 412 g/mol. The predicted molar refractivity (Wildman–Crippen MR) is 104 cm³/mol. The highest BCUT2D eigenvalue weighted by molar-refractivity contribution is 7.99. The summed E-state index contributed by atoms with van der Waals surface area (Å²) in [6, 6.07) is 0. The van der Waals surface area contributed by atoms with E-state index in [2.05, 4.69) is 15.5 Å². The summed E-state index contributed by atoms with van der Waals surface area (Å²) in [5.74, 6) is 5.37. The monoisotopic (exact) mass is 411 g/mol. The molecule has 0 aliphatic carbocycles. The largest absolute Gasteiger partial charge is 0.462 e. The number of nitrogens with two attached hydrogens (primary N) is 1. The minimum Gasteiger partial charge on any atom is -0.462 e. The number of nitrogen functional groups attached to an aromatic ring is 1. The molecule has 2 rings (SSSR count). The van der Waals surface area contributed by atoms with Gasteiger partial charge in [-0.3, -0.25) is 9.59 Å². The number of hydrogen-bond donors (Lipinski definition) is 2. The van der Waals surface area contributed by atoms with Crippen molar-refractivity contribution in [3.05, 3.63) is 21.8 Å². The van der Waals surface area contributed by atoms with Gasteiger partial charge in [0.05, 0.1) is 22.8 Å². The molecular formula is C16H21N5O4S2. The van der Waals surface area contributed by atoms with Crippen LogP contribution in [0, 0.1) is 6.92 Å². The van der Waals surface area contributed by atoms with Crippen molar-refractivity contribution in [2.24, 2.45) is 0 Å². The van der Waals surface area contributed by atoms with Crippen molar-refractivity contribution < 1.29 is 19.1 Å². The Kier molecular flexibility index (Phi) is 6.97. The van der Waals surface area contributed by atoms with E-state index in [1.165, 1.54) is 11.6 Å². The van der Waals surface area contributed by atoms with Crippen LogP contribution in [0.4, 0.5) is 5.00 Å². The number of carbonyl (C=O) groups is 3. The van der Waals surface area contributed by atoms with Gasteiger partial charge in [0.1, 0.15) is 5.00 Å². The first kappa shape index (κ1) is 20.9. The molecule has 0 aromatic carbocycles. The maximum absolute atomic E-state index is 12.3. The minimum atomic E-state index is -0.573. The summed E-state index contributed by atoms with van der Waals surface area (Å²) in [5, 5.41) is 11.3. The highest BCUT2D eigenvalue weighted by atomic mass is 32.2. The number of thiophene rings is 1. The van der Waals surface area contributed by atoms with E-state index in [-0.39, 0.29) is 29.6 Å². The number of amides is 1. The number of hydrogen-bond acceptors (Lipinski definition) is 9. The normalized spacial score (nSPS) is 10.7. The molecule has 0 spiro atoms. The molecule has 11 heteroatoms. The fourth-order valence-corrected chi connectivity index (χ4v) is 4.11. The van der Waals surface area contributed by atoms with Gasteiger partial charge in [-0.2, -0.15) is 0 Å². The summed E-state index contributed by atoms with van der Waals surface area (Å²) in [7, 11) is 0. The van der Waals surface area contributed by atoms with Crippen LogP contribution in [-0.4, -0.2) is 44.9 Å². The van der Waals surface area contributed by atoms with Gasteiger partial charge in [-0.1, -0.05) is 18.7 Å². The lowest BCUT2D eigenvalue weighted by atomic mass is 10.1. The van der Waals surface area contributed by atoms with Crippen molar-refractivity contribution in [2.45, 2.75) is 39.3 Å². The smallest absolute Gasteiger partial charge is 0.341 e. The third-order valence-corrected chi connectivity index (χ3v) is 5.83. The van der Waals surface area contributed by atoms with E-state index in [1.54, 1.807) is 13.8 Å². The van der Waals surface area contributed by atoms with Gasteiger partial charge in [0.25, 0.3) is 0 Å². The van der Waals surface area contributed by atoms with Gasteiger partial charge in [-0.25, -0.2) is 9.47 Å². The standard InChI is InChI=1S/C16H21N5O4S2/c1-5-10-19-20-16(21(10)17)26-7-11(23)18-14-12(15(24)25-6-2)8(3)13(27-14)9(4)22/h5-7,17H2,1-4H3,(H,18,23). The predicted octanol–water partition coefficient (Wildman–Crippen LogP) is 2.03. The number of rotatable bonds is 8. The lowest BCUT2D eigenvalue weighted by molar-refractivity contribution is -0.113. The zero-order valence-corrected chi connectivity index (χ0v) is 17.1. The van der Waals surface area contributed by atoms with E-state index in [0.29, 0.717) is 32.8 Å². The van der Waals surface area contributed by atoms with E-state index < -0.39 is 5.97 Å². The molecule has 0 radical (unpaired) electrons. The summed E-state index contributed by atoms with van der Waals surface area (Å²) in [6.07, 6.45) is 0.626. The van der Waals surface area contributed by atoms with Crippen LogP contribution in [-0.2, 0) is 16.0 Å². The van der Waals surface area contributed by atoms with Crippen LogP contribution in [0.5, 0.6) is 0 Å². The Morgan fingerprint density at radius 2 is 2.00 bits per heavy atom. The number of carbonyl (C=O) groups excluding carboxylic acids is 3. The topological polar surface area (TPSA) is 129 Å². The van der Waals surface area contributed by atoms with Gasteiger partial charge in [-0.15, -0.1) is 21.5 Å². The van der Waals surface area contributed by atoms with Gasteiger partial charge < -0.3 is 15.9 Å². The minimum absolute atomic E-state index is 0.0215. The van der Waals surface area contributed by atoms with Gasteiger partial charge in [-0.05, 0) is 26.3 Å². The van der Waals surface area contributed by atoms with Crippen LogP contribution in [0.2, 0.25) is 0 Å². The Hall–Kier alpha value is -2.40. The molecule has 0 aliphatic rings. The number of ketones is 1. The number of Topliss-reactive ketones (excluding diaryl/α,β-unsaturated/α-hetero) is 1. The molecule has 0 saturated carbocycles. The number of esters is 1. The zero-order chi connectivity index (χ0) is 20.1. The second-order valence-electron chi connectivity index (χ2n) is 5.50. The molecule has 0 unspecified atom stereocenters. The van der Waals surface area contributed by atoms with E-state index >= 15 is 0 Å². The molecule has 0 aliphatic heterocycles. The Morgan fingerprint density at radius 1 is 1.30 bits per heavy atom. The van der Waals surface area contributed by atoms with Crippen LogP contribution >= 0.6 is 23.1 Å². The lowest BCUT2D eigenvalue weighted by Crippen LogP contribution is -2.18. The first-order valence-electron chi connectivity index (χ1n) is 8.23. The van der Waals surface area contributed by atoms with E-state index in [4.69, 9.17) is 10.6 Å². The van der Waals surface area contributed by atoms with Gasteiger partial charge in [0, 0.05) is 6.42 Å². The summed E-state index contributed by atoms with van der Waals surface area (Å²) in [5.41, 5.74) is 0.712. The summed E-state index contributed by atoms with van der Waals surface area (Å²) in [6.45, 7) is 6.85. The SMILES string of the molecule is CCOC(=O)c1c(NC(=O)CSc2nnc(CC)n2N)sc(C(C)=O)c1C. The van der Waals surface area contributed by atoms with E-state index in [1.807, 2.05) is 6.92 Å². The van der Waals surface area contributed by atoms with Crippen molar-refractivity contribution in [1.29, 1.82) is 0 Å². The molecule has 9 nitrogen and oxygen atoms in total. The van der Waals surface area contributed by atoms with Crippen molar-refractivity contribution in [3.8, 4) is 0 Å². The average Bonchev–Trinajstić information content (AvgIpc) is 3.13. The summed E-state index contributed by atoms with van der Waals surface area (Å²) < 4.78 is 6.38. The molecule has 0 atom stereocenters. The van der Waals surface area contributed by atoms with Crippen LogP contribution in [0.25, 0.3) is 0 Å². The van der Waals surface area contributed by atoms with Crippen LogP contribution in [0.3, 0.4) is 0 Å². The molecule has 2 heterocycles. The third kappa shape index (κ3) is 4.66. The Bertz CT molecular complexity index is 875. The number of aryl methyl sites for hydroxylation is 1. The van der Waals surface area contributed by atoms with Crippen molar-refractivity contribution in [3.63, 3.8) is 0 Å². The molecule has 2 aromatic rings. The molecule has 27 heavy (non-hydrogen) atoms. The van der Waals surface area contributed by atoms with Crippen LogP contribution in [0.1, 0.15) is 52.2 Å². The highest BCUT2D eigenvalue weighted by Gasteiger charge is 2.25. The van der Waals surface area contributed by atoms with Crippen LogP contribution < -0.4 is 11.2 Å². The maximum atomic E-state index is 12.3. The van der Waals surface area contributed by atoms with E-state index in [9.17, 15) is 14.4 Å². The molecule has 1 amide bonds. The third-order valence-electron chi connectivity index (χ3n) is 3.58. The van der Waals surface area contributed by atoms with Crippen molar-refractivity contribution in [2.75, 3.05) is 23.5 Å².